The number of rotatable bonds is 2. The zero-order valence-electron chi connectivity index (χ0n) is 8.52. The fraction of sp³-hybridized carbons (Fsp3) is 1.00. The van der Waals surface area contributed by atoms with Crippen LogP contribution in [0.15, 0.2) is 0 Å². The van der Waals surface area contributed by atoms with Gasteiger partial charge in [0.25, 0.3) is 0 Å². The number of aliphatic hydroxyl groups excluding tert-OH is 2. The minimum absolute atomic E-state index is 0.153. The minimum Gasteiger partial charge on any atom is -0.394 e. The molecule has 0 aromatic rings. The SMILES string of the molecule is OCC1CCCO1.OCC1CCCO1. The van der Waals surface area contributed by atoms with Crippen LogP contribution in [-0.4, -0.2) is 48.8 Å². The molecule has 2 aliphatic heterocycles. The Hall–Kier alpha value is -0.160. The molecule has 2 rings (SSSR count). The lowest BCUT2D eigenvalue weighted by atomic mass is 10.2. The van der Waals surface area contributed by atoms with Crippen molar-refractivity contribution in [3.8, 4) is 0 Å². The molecule has 0 radical (unpaired) electrons. The van der Waals surface area contributed by atoms with Gasteiger partial charge in [0.2, 0.25) is 0 Å². The number of ether oxygens (including phenoxy) is 2. The van der Waals surface area contributed by atoms with Crippen LogP contribution in [-0.2, 0) is 9.47 Å². The third kappa shape index (κ3) is 4.37. The lowest BCUT2D eigenvalue weighted by Gasteiger charge is -2.00. The molecule has 0 amide bonds. The Morgan fingerprint density at radius 1 is 0.857 bits per heavy atom. The van der Waals surface area contributed by atoms with Crippen molar-refractivity contribution >= 4 is 0 Å². The standard InChI is InChI=1S/2C5H10O2/c2*6-4-5-2-1-3-7-5/h2*5-6H,1-4H2. The van der Waals surface area contributed by atoms with Crippen molar-refractivity contribution in [2.75, 3.05) is 26.4 Å². The van der Waals surface area contributed by atoms with Crippen LogP contribution in [0, 0.1) is 0 Å². The van der Waals surface area contributed by atoms with Crippen molar-refractivity contribution in [3.05, 3.63) is 0 Å². The summed E-state index contributed by atoms with van der Waals surface area (Å²) in [4.78, 5) is 0. The molecule has 0 aliphatic carbocycles. The Bertz CT molecular complexity index is 112. The van der Waals surface area contributed by atoms with Gasteiger partial charge in [-0.25, -0.2) is 0 Å². The molecule has 0 bridgehead atoms. The lowest BCUT2D eigenvalue weighted by Crippen LogP contribution is -2.09. The van der Waals surface area contributed by atoms with E-state index >= 15 is 0 Å². The van der Waals surface area contributed by atoms with Crippen molar-refractivity contribution in [1.29, 1.82) is 0 Å². The van der Waals surface area contributed by atoms with Gasteiger partial charge in [-0.1, -0.05) is 0 Å². The fourth-order valence-electron chi connectivity index (χ4n) is 1.58. The second-order valence-corrected chi connectivity index (χ2v) is 3.64. The van der Waals surface area contributed by atoms with Gasteiger partial charge in [0, 0.05) is 13.2 Å². The number of aliphatic hydroxyl groups is 2. The van der Waals surface area contributed by atoms with Crippen molar-refractivity contribution < 1.29 is 19.7 Å². The molecule has 2 unspecified atom stereocenters. The van der Waals surface area contributed by atoms with E-state index in [9.17, 15) is 0 Å². The number of hydrogen-bond donors (Lipinski definition) is 2. The Kier molecular flexibility index (Phi) is 6.10. The molecule has 14 heavy (non-hydrogen) atoms. The first kappa shape index (κ1) is 11.9. The van der Waals surface area contributed by atoms with Crippen LogP contribution in [0.5, 0.6) is 0 Å². The van der Waals surface area contributed by atoms with Gasteiger partial charge in [-0.15, -0.1) is 0 Å². The van der Waals surface area contributed by atoms with Crippen molar-refractivity contribution in [2.45, 2.75) is 37.9 Å². The molecule has 0 aromatic carbocycles. The highest BCUT2D eigenvalue weighted by Gasteiger charge is 2.13. The molecular formula is C10H20O4. The van der Waals surface area contributed by atoms with E-state index in [1.807, 2.05) is 0 Å². The molecule has 84 valence electrons. The fourth-order valence-corrected chi connectivity index (χ4v) is 1.58. The highest BCUT2D eigenvalue weighted by molar-refractivity contribution is 4.62. The Morgan fingerprint density at radius 2 is 1.29 bits per heavy atom. The van der Waals surface area contributed by atoms with Crippen LogP contribution >= 0.6 is 0 Å². The normalized spacial score (nSPS) is 31.3. The predicted molar refractivity (Wildman–Crippen MR) is 52.1 cm³/mol. The Morgan fingerprint density at radius 3 is 1.43 bits per heavy atom. The third-order valence-corrected chi connectivity index (χ3v) is 2.46. The van der Waals surface area contributed by atoms with E-state index in [2.05, 4.69) is 0 Å². The second kappa shape index (κ2) is 7.17. The second-order valence-electron chi connectivity index (χ2n) is 3.64. The van der Waals surface area contributed by atoms with Gasteiger partial charge >= 0.3 is 0 Å². The Labute approximate surface area is 84.8 Å². The van der Waals surface area contributed by atoms with Crippen molar-refractivity contribution in [2.24, 2.45) is 0 Å². The molecule has 2 N–H and O–H groups in total. The molecule has 4 heteroatoms. The lowest BCUT2D eigenvalue weighted by molar-refractivity contribution is 0.0591. The summed E-state index contributed by atoms with van der Waals surface area (Å²) < 4.78 is 10.1. The van der Waals surface area contributed by atoms with E-state index in [1.54, 1.807) is 0 Å². The maximum absolute atomic E-state index is 8.44. The van der Waals surface area contributed by atoms with Gasteiger partial charge in [0.1, 0.15) is 0 Å². The van der Waals surface area contributed by atoms with Crippen LogP contribution in [0.4, 0.5) is 0 Å². The van der Waals surface area contributed by atoms with Crippen LogP contribution in [0.1, 0.15) is 25.7 Å². The summed E-state index contributed by atoms with van der Waals surface area (Å²) in [6.07, 6.45) is 4.61. The first-order chi connectivity index (χ1) is 6.86. The van der Waals surface area contributed by atoms with E-state index in [0.29, 0.717) is 0 Å². The molecule has 2 saturated heterocycles. The van der Waals surface area contributed by atoms with Crippen LogP contribution in [0.3, 0.4) is 0 Å². The quantitative estimate of drug-likeness (QED) is 0.680. The summed E-state index contributed by atoms with van der Waals surface area (Å²) in [6.45, 7) is 2.07. The van der Waals surface area contributed by atoms with Gasteiger partial charge in [0.15, 0.2) is 0 Å². The zero-order chi connectivity index (χ0) is 10.2. The molecular weight excluding hydrogens is 184 g/mol. The monoisotopic (exact) mass is 204 g/mol. The van der Waals surface area contributed by atoms with E-state index < -0.39 is 0 Å². The van der Waals surface area contributed by atoms with Gasteiger partial charge in [-0.2, -0.15) is 0 Å². The molecule has 0 aromatic heterocycles. The average Bonchev–Trinajstić information content (AvgIpc) is 2.92. The average molecular weight is 204 g/mol. The highest BCUT2D eigenvalue weighted by Crippen LogP contribution is 2.10. The summed E-state index contributed by atoms with van der Waals surface area (Å²) in [5, 5.41) is 16.9. The van der Waals surface area contributed by atoms with Crippen molar-refractivity contribution in [1.82, 2.24) is 0 Å². The summed E-state index contributed by atoms with van der Waals surface area (Å²) >= 11 is 0. The maximum Gasteiger partial charge on any atom is 0.0806 e. The van der Waals surface area contributed by atoms with Gasteiger partial charge < -0.3 is 19.7 Å². The molecule has 2 fully saturated rings. The summed E-state index contributed by atoms with van der Waals surface area (Å²) in [5.41, 5.74) is 0. The maximum atomic E-state index is 8.44. The molecule has 4 nitrogen and oxygen atoms in total. The van der Waals surface area contributed by atoms with E-state index in [0.717, 1.165) is 38.9 Å². The summed E-state index contributed by atoms with van der Waals surface area (Å²) in [7, 11) is 0. The Balaban J connectivity index is 0.000000140. The van der Waals surface area contributed by atoms with Gasteiger partial charge in [-0.05, 0) is 25.7 Å². The van der Waals surface area contributed by atoms with Crippen molar-refractivity contribution in [3.63, 3.8) is 0 Å². The summed E-state index contributed by atoms with van der Waals surface area (Å²) in [5.74, 6) is 0. The van der Waals surface area contributed by atoms with Crippen LogP contribution < -0.4 is 0 Å². The third-order valence-electron chi connectivity index (χ3n) is 2.46. The van der Waals surface area contributed by atoms with E-state index in [-0.39, 0.29) is 25.4 Å². The van der Waals surface area contributed by atoms with Gasteiger partial charge in [0.05, 0.1) is 25.4 Å². The van der Waals surface area contributed by atoms with E-state index in [4.69, 9.17) is 19.7 Å². The van der Waals surface area contributed by atoms with Crippen LogP contribution in [0.25, 0.3) is 0 Å². The largest absolute Gasteiger partial charge is 0.394 e. The molecule has 0 saturated carbocycles. The summed E-state index contributed by atoms with van der Waals surface area (Å²) in [6, 6.07) is 0. The first-order valence-corrected chi connectivity index (χ1v) is 5.31. The highest BCUT2D eigenvalue weighted by atomic mass is 16.5. The molecule has 2 aliphatic rings. The smallest absolute Gasteiger partial charge is 0.0806 e. The predicted octanol–water partition coefficient (Wildman–Crippen LogP) is 0.315. The van der Waals surface area contributed by atoms with Crippen LogP contribution in [0.2, 0.25) is 0 Å². The first-order valence-electron chi connectivity index (χ1n) is 5.31. The number of hydrogen-bond acceptors (Lipinski definition) is 4. The topological polar surface area (TPSA) is 58.9 Å². The van der Waals surface area contributed by atoms with Gasteiger partial charge in [-0.3, -0.25) is 0 Å². The van der Waals surface area contributed by atoms with E-state index in [1.165, 1.54) is 0 Å². The molecule has 0 spiro atoms. The molecule has 2 atom stereocenters. The zero-order valence-corrected chi connectivity index (χ0v) is 8.52. The molecule has 2 heterocycles. The minimum atomic E-state index is 0.153.